The summed E-state index contributed by atoms with van der Waals surface area (Å²) in [5.41, 5.74) is 3.87. The fourth-order valence-electron chi connectivity index (χ4n) is 5.25. The number of rotatable bonds is 7. The molecule has 2 aliphatic rings. The van der Waals surface area contributed by atoms with Crippen LogP contribution in [0.15, 0.2) is 30.5 Å². The number of nitrogens with zero attached hydrogens (tertiary/aromatic N) is 6. The molecule has 2 fully saturated rings. The quantitative estimate of drug-likeness (QED) is 0.403. The Kier molecular flexibility index (Phi) is 5.95. The molecule has 196 valence electrons. The summed E-state index contributed by atoms with van der Waals surface area (Å²) in [6.07, 6.45) is 2.00. The second kappa shape index (κ2) is 9.18. The fraction of sp³-hybridized carbons (Fsp3) is 0.480. The molecule has 1 N–H and O–H groups in total. The van der Waals surface area contributed by atoms with Crippen molar-refractivity contribution in [1.29, 1.82) is 0 Å². The Labute approximate surface area is 211 Å². The van der Waals surface area contributed by atoms with Gasteiger partial charge in [0.25, 0.3) is 5.92 Å². The third-order valence-electron chi connectivity index (χ3n) is 7.30. The molecular weight excluding hydrogens is 487 g/mol. The van der Waals surface area contributed by atoms with E-state index in [0.717, 1.165) is 28.0 Å². The largest absolute Gasteiger partial charge is 0.479 e. The standard InChI is InChI=1S/C25H28F3N7O2/c1-15-29-19-4-3-16(11-20(19)34(15)10-7-26)18-5-9-35-22(18)23(36-2)31-24(32-35)30-21-6-8-33(14-25(21,27)28)17-12-37-13-17/h3-5,9,11,17,21H,6-8,10,12-14H2,1-2H3,(H,30,32)/t21-/m1/s1. The second-order valence-electron chi connectivity index (χ2n) is 9.58. The van der Waals surface area contributed by atoms with E-state index in [0.29, 0.717) is 25.3 Å². The van der Waals surface area contributed by atoms with Gasteiger partial charge >= 0.3 is 0 Å². The van der Waals surface area contributed by atoms with E-state index in [1.165, 1.54) is 7.11 Å². The van der Waals surface area contributed by atoms with E-state index in [9.17, 15) is 13.2 Å². The number of aryl methyl sites for hydroxylation is 2. The topological polar surface area (TPSA) is 81.7 Å². The van der Waals surface area contributed by atoms with E-state index in [-0.39, 0.29) is 37.4 Å². The van der Waals surface area contributed by atoms with E-state index in [4.69, 9.17) is 9.47 Å². The molecule has 1 atom stereocenters. The highest BCUT2D eigenvalue weighted by atomic mass is 19.3. The van der Waals surface area contributed by atoms with Crippen molar-refractivity contribution in [1.82, 2.24) is 29.0 Å². The number of aromatic nitrogens is 5. The summed E-state index contributed by atoms with van der Waals surface area (Å²) >= 11 is 0. The van der Waals surface area contributed by atoms with Crippen molar-refractivity contribution < 1.29 is 22.6 Å². The molecule has 5 heterocycles. The molecule has 4 aromatic rings. The highest BCUT2D eigenvalue weighted by Gasteiger charge is 2.47. The van der Waals surface area contributed by atoms with Crippen molar-refractivity contribution in [3.63, 3.8) is 0 Å². The number of methoxy groups -OCH3 is 1. The average Bonchev–Trinajstić information content (AvgIpc) is 3.39. The maximum Gasteiger partial charge on any atom is 0.280 e. The molecule has 0 spiro atoms. The first-order valence-electron chi connectivity index (χ1n) is 12.3. The lowest BCUT2D eigenvalue weighted by Crippen LogP contribution is -2.61. The van der Waals surface area contributed by atoms with Crippen molar-refractivity contribution in [2.45, 2.75) is 37.9 Å². The summed E-state index contributed by atoms with van der Waals surface area (Å²) in [6, 6.07) is 6.61. The molecule has 0 aliphatic carbocycles. The zero-order chi connectivity index (χ0) is 25.7. The molecule has 2 aliphatic heterocycles. The van der Waals surface area contributed by atoms with Gasteiger partial charge in [0, 0.05) is 18.3 Å². The molecule has 37 heavy (non-hydrogen) atoms. The van der Waals surface area contributed by atoms with Crippen LogP contribution >= 0.6 is 0 Å². The summed E-state index contributed by atoms with van der Waals surface area (Å²) in [4.78, 5) is 10.7. The fourth-order valence-corrected chi connectivity index (χ4v) is 5.25. The predicted octanol–water partition coefficient (Wildman–Crippen LogP) is 3.55. The molecule has 0 amide bonds. The number of hydrogen-bond acceptors (Lipinski definition) is 7. The number of imidazole rings is 1. The zero-order valence-corrected chi connectivity index (χ0v) is 20.6. The number of fused-ring (bicyclic) bond motifs is 2. The lowest BCUT2D eigenvalue weighted by molar-refractivity contribution is -0.131. The first-order valence-corrected chi connectivity index (χ1v) is 12.3. The number of anilines is 1. The van der Waals surface area contributed by atoms with Gasteiger partial charge in [-0.25, -0.2) is 22.7 Å². The Morgan fingerprint density at radius 3 is 2.76 bits per heavy atom. The van der Waals surface area contributed by atoms with Gasteiger partial charge in [-0.2, -0.15) is 4.98 Å². The minimum atomic E-state index is -2.95. The number of alkyl halides is 3. The first kappa shape index (κ1) is 24.0. The highest BCUT2D eigenvalue weighted by molar-refractivity contribution is 5.89. The Bertz CT molecular complexity index is 1450. The zero-order valence-electron chi connectivity index (χ0n) is 20.6. The van der Waals surface area contributed by atoms with E-state index in [2.05, 4.69) is 20.4 Å². The molecule has 3 aromatic heterocycles. The van der Waals surface area contributed by atoms with Crippen molar-refractivity contribution in [2.24, 2.45) is 0 Å². The van der Waals surface area contributed by atoms with Crippen molar-refractivity contribution in [3.8, 4) is 17.0 Å². The smallest absolute Gasteiger partial charge is 0.280 e. The number of hydrogen-bond donors (Lipinski definition) is 1. The molecule has 12 heteroatoms. The Balaban J connectivity index is 1.31. The van der Waals surface area contributed by atoms with Crippen molar-refractivity contribution in [3.05, 3.63) is 36.3 Å². The first-order chi connectivity index (χ1) is 17.9. The predicted molar refractivity (Wildman–Crippen MR) is 132 cm³/mol. The second-order valence-corrected chi connectivity index (χ2v) is 9.58. The Morgan fingerprint density at radius 2 is 2.05 bits per heavy atom. The number of ether oxygens (including phenoxy) is 2. The van der Waals surface area contributed by atoms with Crippen LogP contribution in [0.5, 0.6) is 5.88 Å². The molecule has 9 nitrogen and oxygen atoms in total. The number of piperidine rings is 1. The van der Waals surface area contributed by atoms with Crippen LogP contribution in [0.1, 0.15) is 12.2 Å². The van der Waals surface area contributed by atoms with Crippen molar-refractivity contribution in [2.75, 3.05) is 45.4 Å². The van der Waals surface area contributed by atoms with Gasteiger partial charge in [-0.3, -0.25) is 4.90 Å². The van der Waals surface area contributed by atoms with Crippen LogP contribution in [0.3, 0.4) is 0 Å². The normalized spacial score (nSPS) is 20.4. The highest BCUT2D eigenvalue weighted by Crippen LogP contribution is 2.35. The summed E-state index contributed by atoms with van der Waals surface area (Å²) < 4.78 is 57.3. The van der Waals surface area contributed by atoms with Crippen molar-refractivity contribution >= 4 is 22.5 Å². The summed E-state index contributed by atoms with van der Waals surface area (Å²) in [6.45, 7) is 2.82. The van der Waals surface area contributed by atoms with Crippen LogP contribution in [0, 0.1) is 6.92 Å². The molecule has 0 radical (unpaired) electrons. The van der Waals surface area contributed by atoms with Crippen LogP contribution in [0.4, 0.5) is 19.1 Å². The van der Waals surface area contributed by atoms with Gasteiger partial charge in [-0.05, 0) is 37.1 Å². The molecule has 6 rings (SSSR count). The Hall–Kier alpha value is -3.38. The van der Waals surface area contributed by atoms with Gasteiger partial charge in [0.05, 0.1) is 56.5 Å². The molecule has 0 saturated carbocycles. The minimum Gasteiger partial charge on any atom is -0.479 e. The monoisotopic (exact) mass is 515 g/mol. The Morgan fingerprint density at radius 1 is 1.22 bits per heavy atom. The van der Waals surface area contributed by atoms with Crippen LogP contribution < -0.4 is 10.1 Å². The van der Waals surface area contributed by atoms with Gasteiger partial charge in [-0.1, -0.05) is 6.07 Å². The van der Waals surface area contributed by atoms with Gasteiger partial charge in [0.15, 0.2) is 0 Å². The van der Waals surface area contributed by atoms with Gasteiger partial charge < -0.3 is 19.4 Å². The third kappa shape index (κ3) is 4.17. The number of nitrogens with one attached hydrogen (secondary N) is 1. The average molecular weight is 516 g/mol. The van der Waals surface area contributed by atoms with Crippen LogP contribution in [-0.2, 0) is 11.3 Å². The minimum absolute atomic E-state index is 0.0663. The lowest BCUT2D eigenvalue weighted by atomic mass is 9.98. The van der Waals surface area contributed by atoms with E-state index >= 15 is 0 Å². The van der Waals surface area contributed by atoms with Crippen LogP contribution in [-0.4, -0.2) is 87.1 Å². The number of halogens is 3. The lowest BCUT2D eigenvalue weighted by Gasteiger charge is -2.44. The van der Waals surface area contributed by atoms with E-state index in [1.807, 2.05) is 35.8 Å². The summed E-state index contributed by atoms with van der Waals surface area (Å²) in [7, 11) is 1.49. The van der Waals surface area contributed by atoms with Gasteiger partial charge in [0.1, 0.15) is 18.0 Å². The number of likely N-dealkylation sites (tertiary alicyclic amines) is 1. The van der Waals surface area contributed by atoms with E-state index < -0.39 is 18.6 Å². The van der Waals surface area contributed by atoms with Crippen LogP contribution in [0.2, 0.25) is 0 Å². The van der Waals surface area contributed by atoms with E-state index in [1.54, 1.807) is 15.6 Å². The van der Waals surface area contributed by atoms with Crippen LogP contribution in [0.25, 0.3) is 27.7 Å². The summed E-state index contributed by atoms with van der Waals surface area (Å²) in [5.74, 6) is -1.87. The molecule has 0 bridgehead atoms. The van der Waals surface area contributed by atoms with Gasteiger partial charge in [0.2, 0.25) is 11.8 Å². The third-order valence-corrected chi connectivity index (χ3v) is 7.30. The summed E-state index contributed by atoms with van der Waals surface area (Å²) in [5, 5.41) is 7.32. The molecule has 0 unspecified atom stereocenters. The maximum absolute atomic E-state index is 15.0. The molecule has 2 saturated heterocycles. The van der Waals surface area contributed by atoms with Gasteiger partial charge in [-0.15, -0.1) is 5.10 Å². The number of benzene rings is 1. The molecule has 1 aromatic carbocycles. The molecular formula is C25H28F3N7O2. The maximum atomic E-state index is 15.0. The SMILES string of the molecule is COc1nc(N[C@@H]2CCN(C3COC3)CC2(F)F)nn2ccc(-c3ccc4nc(C)n(CCF)c4c3)c12.